The van der Waals surface area contributed by atoms with Crippen LogP contribution in [0, 0.1) is 0 Å². The Hall–Kier alpha value is -3.73. The lowest BCUT2D eigenvalue weighted by Crippen LogP contribution is -2.03. The van der Waals surface area contributed by atoms with Gasteiger partial charge in [0.15, 0.2) is 5.43 Å². The average molecular weight is 374 g/mol. The maximum Gasteiger partial charge on any atom is 0.197 e. The van der Waals surface area contributed by atoms with E-state index in [-0.39, 0.29) is 39.6 Å². The highest BCUT2D eigenvalue weighted by Gasteiger charge is 2.18. The molecular formula is C23H18O5. The fraction of sp³-hybridized carbons (Fsp3) is 0.0870. The molecule has 1 heterocycles. The number of aromatic hydroxyl groups is 3. The van der Waals surface area contributed by atoms with Crippen molar-refractivity contribution >= 4 is 11.0 Å². The van der Waals surface area contributed by atoms with Crippen LogP contribution in [0.1, 0.15) is 24.0 Å². The van der Waals surface area contributed by atoms with Crippen molar-refractivity contribution in [2.45, 2.75) is 12.8 Å². The maximum absolute atomic E-state index is 12.5. The Morgan fingerprint density at radius 3 is 2.32 bits per heavy atom. The molecule has 0 saturated carbocycles. The van der Waals surface area contributed by atoms with Gasteiger partial charge >= 0.3 is 0 Å². The summed E-state index contributed by atoms with van der Waals surface area (Å²) in [6, 6.07) is 18.2. The second kappa shape index (κ2) is 6.78. The van der Waals surface area contributed by atoms with Crippen LogP contribution in [-0.2, 0) is 0 Å². The first-order valence-corrected chi connectivity index (χ1v) is 8.82. The standard InChI is InChI=1S/C23H18O5/c1-13(17-8-7-16(24)11-18(17)25)15-9-19(26)23-20(27)12-21(28-22(23)10-15)14-5-3-2-4-6-14/h2-13,24-26H,1H3. The molecule has 4 rings (SSSR count). The molecule has 0 aliphatic carbocycles. The number of hydrogen-bond donors (Lipinski definition) is 3. The summed E-state index contributed by atoms with van der Waals surface area (Å²) in [6.45, 7) is 1.85. The van der Waals surface area contributed by atoms with Crippen LogP contribution in [0.5, 0.6) is 17.2 Å². The minimum absolute atomic E-state index is 0.0340. The topological polar surface area (TPSA) is 90.9 Å². The van der Waals surface area contributed by atoms with Crippen molar-refractivity contribution in [3.8, 4) is 28.6 Å². The molecule has 1 atom stereocenters. The number of benzene rings is 3. The number of phenolic OH excluding ortho intramolecular Hbond substituents is 3. The van der Waals surface area contributed by atoms with E-state index in [0.717, 1.165) is 5.56 Å². The summed E-state index contributed by atoms with van der Waals surface area (Å²) >= 11 is 0. The normalized spacial score (nSPS) is 12.2. The summed E-state index contributed by atoms with van der Waals surface area (Å²) in [6.07, 6.45) is 0. The van der Waals surface area contributed by atoms with Gasteiger partial charge in [-0.15, -0.1) is 0 Å². The second-order valence-corrected chi connectivity index (χ2v) is 6.72. The van der Waals surface area contributed by atoms with Crippen LogP contribution >= 0.6 is 0 Å². The minimum atomic E-state index is -0.329. The van der Waals surface area contributed by atoms with Gasteiger partial charge in [0.1, 0.15) is 34.0 Å². The summed E-state index contributed by atoms with van der Waals surface area (Å²) in [7, 11) is 0. The lowest BCUT2D eigenvalue weighted by Gasteiger charge is -2.15. The Balaban J connectivity index is 1.88. The SMILES string of the molecule is CC(c1cc(O)c2c(=O)cc(-c3ccccc3)oc2c1)c1ccc(O)cc1O. The van der Waals surface area contributed by atoms with Crippen molar-refractivity contribution in [2.75, 3.05) is 0 Å². The molecule has 5 heteroatoms. The molecule has 0 amide bonds. The maximum atomic E-state index is 12.5. The van der Waals surface area contributed by atoms with E-state index >= 15 is 0 Å². The van der Waals surface area contributed by atoms with E-state index < -0.39 is 0 Å². The van der Waals surface area contributed by atoms with E-state index in [1.165, 1.54) is 24.3 Å². The molecule has 0 bridgehead atoms. The highest BCUT2D eigenvalue weighted by Crippen LogP contribution is 2.37. The molecule has 5 nitrogen and oxygen atoms in total. The van der Waals surface area contributed by atoms with E-state index in [0.29, 0.717) is 16.9 Å². The molecule has 1 unspecified atom stereocenters. The predicted octanol–water partition coefficient (Wildman–Crippen LogP) is 4.73. The van der Waals surface area contributed by atoms with Crippen LogP contribution in [0.25, 0.3) is 22.3 Å². The number of phenols is 3. The van der Waals surface area contributed by atoms with E-state index in [1.807, 2.05) is 37.3 Å². The first kappa shape index (κ1) is 17.7. The van der Waals surface area contributed by atoms with Crippen molar-refractivity contribution in [2.24, 2.45) is 0 Å². The van der Waals surface area contributed by atoms with Crippen LogP contribution in [0.15, 0.2) is 75.9 Å². The van der Waals surface area contributed by atoms with Crippen LogP contribution < -0.4 is 5.43 Å². The first-order chi connectivity index (χ1) is 13.4. The Morgan fingerprint density at radius 2 is 1.61 bits per heavy atom. The fourth-order valence-corrected chi connectivity index (χ4v) is 3.36. The molecule has 0 fully saturated rings. The summed E-state index contributed by atoms with van der Waals surface area (Å²) in [5.74, 6) is -0.151. The number of hydrogen-bond acceptors (Lipinski definition) is 5. The lowest BCUT2D eigenvalue weighted by molar-refractivity contribution is 0.444. The van der Waals surface area contributed by atoms with Crippen LogP contribution in [0.2, 0.25) is 0 Å². The van der Waals surface area contributed by atoms with Gasteiger partial charge in [-0.25, -0.2) is 0 Å². The van der Waals surface area contributed by atoms with Gasteiger partial charge in [0.2, 0.25) is 0 Å². The molecule has 0 spiro atoms. The number of rotatable bonds is 3. The summed E-state index contributed by atoms with van der Waals surface area (Å²) in [5, 5.41) is 30.2. The predicted molar refractivity (Wildman–Crippen MR) is 107 cm³/mol. The van der Waals surface area contributed by atoms with Crippen LogP contribution in [-0.4, -0.2) is 15.3 Å². The van der Waals surface area contributed by atoms with Gasteiger partial charge in [-0.1, -0.05) is 43.3 Å². The van der Waals surface area contributed by atoms with Crippen molar-refractivity contribution < 1.29 is 19.7 Å². The van der Waals surface area contributed by atoms with E-state index in [1.54, 1.807) is 12.1 Å². The molecule has 0 aliphatic rings. The molecule has 28 heavy (non-hydrogen) atoms. The summed E-state index contributed by atoms with van der Waals surface area (Å²) < 4.78 is 5.92. The Bertz CT molecular complexity index is 1230. The van der Waals surface area contributed by atoms with E-state index in [2.05, 4.69) is 0 Å². The third-order valence-corrected chi connectivity index (χ3v) is 4.87. The third-order valence-electron chi connectivity index (χ3n) is 4.87. The molecule has 0 saturated heterocycles. The van der Waals surface area contributed by atoms with Gasteiger partial charge in [0.05, 0.1) is 0 Å². The van der Waals surface area contributed by atoms with Gasteiger partial charge in [-0.05, 0) is 23.8 Å². The zero-order valence-corrected chi connectivity index (χ0v) is 15.1. The lowest BCUT2D eigenvalue weighted by atomic mass is 9.91. The molecule has 1 aromatic heterocycles. The van der Waals surface area contributed by atoms with Gasteiger partial charge in [-0.2, -0.15) is 0 Å². The summed E-state index contributed by atoms with van der Waals surface area (Å²) in [5.41, 5.74) is 1.95. The second-order valence-electron chi connectivity index (χ2n) is 6.72. The highest BCUT2D eigenvalue weighted by molar-refractivity contribution is 5.85. The Kier molecular flexibility index (Phi) is 4.28. The van der Waals surface area contributed by atoms with Gasteiger partial charge in [-0.3, -0.25) is 4.79 Å². The minimum Gasteiger partial charge on any atom is -0.508 e. The molecule has 3 N–H and O–H groups in total. The van der Waals surface area contributed by atoms with Crippen LogP contribution in [0.4, 0.5) is 0 Å². The molecule has 140 valence electrons. The Labute approximate surface area is 160 Å². The van der Waals surface area contributed by atoms with Gasteiger partial charge in [0, 0.05) is 29.2 Å². The van der Waals surface area contributed by atoms with Crippen molar-refractivity contribution in [3.05, 3.63) is 88.1 Å². The monoisotopic (exact) mass is 374 g/mol. The molecule has 3 aromatic carbocycles. The quantitative estimate of drug-likeness (QED) is 0.482. The molecule has 0 radical (unpaired) electrons. The third kappa shape index (κ3) is 3.07. The van der Waals surface area contributed by atoms with E-state index in [4.69, 9.17) is 4.42 Å². The largest absolute Gasteiger partial charge is 0.508 e. The smallest absolute Gasteiger partial charge is 0.197 e. The van der Waals surface area contributed by atoms with Crippen molar-refractivity contribution in [1.82, 2.24) is 0 Å². The molecule has 4 aromatic rings. The number of fused-ring (bicyclic) bond motifs is 1. The first-order valence-electron chi connectivity index (χ1n) is 8.82. The van der Waals surface area contributed by atoms with Gasteiger partial charge in [0.25, 0.3) is 0 Å². The zero-order valence-electron chi connectivity index (χ0n) is 15.1. The zero-order chi connectivity index (χ0) is 19.8. The molecule has 0 aliphatic heterocycles. The van der Waals surface area contributed by atoms with E-state index in [9.17, 15) is 20.1 Å². The highest BCUT2D eigenvalue weighted by atomic mass is 16.3. The fourth-order valence-electron chi connectivity index (χ4n) is 3.36. The van der Waals surface area contributed by atoms with Crippen molar-refractivity contribution in [3.63, 3.8) is 0 Å². The van der Waals surface area contributed by atoms with Crippen LogP contribution in [0.3, 0.4) is 0 Å². The Morgan fingerprint density at radius 1 is 0.857 bits per heavy atom. The molecular weight excluding hydrogens is 356 g/mol. The van der Waals surface area contributed by atoms with Crippen molar-refractivity contribution in [1.29, 1.82) is 0 Å². The summed E-state index contributed by atoms with van der Waals surface area (Å²) in [4.78, 5) is 12.5. The van der Waals surface area contributed by atoms with Gasteiger partial charge < -0.3 is 19.7 Å². The average Bonchev–Trinajstić information content (AvgIpc) is 2.67.